The fraction of sp³-hybridized carbons (Fsp3) is 0.533. The smallest absolute Gasteiger partial charge is 0.119 e. The molecule has 96 valence electrons. The molecule has 3 nitrogen and oxygen atoms in total. The number of nitrogens with one attached hydrogen (secondary N) is 1. The topological polar surface area (TPSA) is 59.1 Å². The summed E-state index contributed by atoms with van der Waals surface area (Å²) >= 11 is 0. The van der Waals surface area contributed by atoms with E-state index in [-0.39, 0.29) is 5.84 Å². The Kier molecular flexibility index (Phi) is 2.98. The Hall–Kier alpha value is -1.51. The molecule has 1 aromatic carbocycles. The molecule has 3 atom stereocenters. The first-order valence-corrected chi connectivity index (χ1v) is 6.79. The van der Waals surface area contributed by atoms with Gasteiger partial charge in [-0.15, -0.1) is 0 Å². The number of hydrogen-bond acceptors (Lipinski definition) is 2. The standard InChI is InChI=1S/C15H20N2O/c16-15(17)9-10-2-5-13(6-3-10)18-14-8-11-1-4-12(14)7-11/h2-3,5-6,11-12,14H,1,4,7-9H2,(H3,16,17). The molecule has 0 aliphatic heterocycles. The largest absolute Gasteiger partial charge is 0.490 e. The van der Waals surface area contributed by atoms with Gasteiger partial charge < -0.3 is 10.5 Å². The third-order valence-corrected chi connectivity index (χ3v) is 4.28. The minimum Gasteiger partial charge on any atom is -0.490 e. The van der Waals surface area contributed by atoms with Crippen LogP contribution in [0.4, 0.5) is 0 Å². The van der Waals surface area contributed by atoms with Gasteiger partial charge in [-0.05, 0) is 55.2 Å². The van der Waals surface area contributed by atoms with Crippen molar-refractivity contribution in [3.63, 3.8) is 0 Å². The molecule has 3 unspecified atom stereocenters. The lowest BCUT2D eigenvalue weighted by Crippen LogP contribution is -2.23. The van der Waals surface area contributed by atoms with Crippen LogP contribution >= 0.6 is 0 Å². The summed E-state index contributed by atoms with van der Waals surface area (Å²) in [6.07, 6.45) is 6.31. The van der Waals surface area contributed by atoms with E-state index in [1.54, 1.807) is 0 Å². The van der Waals surface area contributed by atoms with Gasteiger partial charge in [0.15, 0.2) is 0 Å². The zero-order valence-electron chi connectivity index (χ0n) is 10.6. The molecule has 1 aromatic rings. The predicted octanol–water partition coefficient (Wildman–Crippen LogP) is 2.73. The molecule has 2 aliphatic carbocycles. The zero-order valence-corrected chi connectivity index (χ0v) is 10.6. The molecule has 0 amide bonds. The monoisotopic (exact) mass is 244 g/mol. The normalized spacial score (nSPS) is 29.4. The second-order valence-corrected chi connectivity index (χ2v) is 5.68. The summed E-state index contributed by atoms with van der Waals surface area (Å²) < 4.78 is 6.08. The van der Waals surface area contributed by atoms with E-state index in [4.69, 9.17) is 15.9 Å². The second kappa shape index (κ2) is 4.63. The maximum atomic E-state index is 7.27. The van der Waals surface area contributed by atoms with Crippen molar-refractivity contribution < 1.29 is 4.74 Å². The maximum absolute atomic E-state index is 7.27. The first-order valence-electron chi connectivity index (χ1n) is 6.79. The van der Waals surface area contributed by atoms with Crippen LogP contribution in [0.3, 0.4) is 0 Å². The highest BCUT2D eigenvalue weighted by molar-refractivity contribution is 5.79. The number of rotatable bonds is 4. The number of fused-ring (bicyclic) bond motifs is 2. The van der Waals surface area contributed by atoms with E-state index in [1.807, 2.05) is 24.3 Å². The molecule has 3 rings (SSSR count). The Balaban J connectivity index is 1.61. The summed E-state index contributed by atoms with van der Waals surface area (Å²) in [4.78, 5) is 0. The van der Waals surface area contributed by atoms with Crippen LogP contribution in [0.5, 0.6) is 5.75 Å². The summed E-state index contributed by atoms with van der Waals surface area (Å²) in [6.45, 7) is 0. The number of amidine groups is 1. The second-order valence-electron chi connectivity index (χ2n) is 5.68. The van der Waals surface area contributed by atoms with Gasteiger partial charge in [0.1, 0.15) is 11.9 Å². The Labute approximate surface area is 108 Å². The van der Waals surface area contributed by atoms with Crippen molar-refractivity contribution >= 4 is 5.84 Å². The fourth-order valence-electron chi connectivity index (χ4n) is 3.41. The molecule has 0 radical (unpaired) electrons. The van der Waals surface area contributed by atoms with E-state index in [1.165, 1.54) is 25.7 Å². The van der Waals surface area contributed by atoms with Gasteiger partial charge in [0.05, 0.1) is 5.84 Å². The highest BCUT2D eigenvalue weighted by Crippen LogP contribution is 2.45. The van der Waals surface area contributed by atoms with Crippen molar-refractivity contribution in [3.05, 3.63) is 29.8 Å². The van der Waals surface area contributed by atoms with Crippen LogP contribution in [0.2, 0.25) is 0 Å². The molecule has 2 bridgehead atoms. The van der Waals surface area contributed by atoms with E-state index >= 15 is 0 Å². The Bertz CT molecular complexity index is 440. The van der Waals surface area contributed by atoms with E-state index in [9.17, 15) is 0 Å². The quantitative estimate of drug-likeness (QED) is 0.632. The molecular weight excluding hydrogens is 224 g/mol. The molecular formula is C15H20N2O. The van der Waals surface area contributed by atoms with Crippen molar-refractivity contribution in [2.24, 2.45) is 17.6 Å². The summed E-state index contributed by atoms with van der Waals surface area (Å²) in [7, 11) is 0. The number of ether oxygens (including phenoxy) is 1. The molecule has 18 heavy (non-hydrogen) atoms. The van der Waals surface area contributed by atoms with Gasteiger partial charge in [-0.25, -0.2) is 0 Å². The van der Waals surface area contributed by atoms with Crippen LogP contribution in [0, 0.1) is 17.2 Å². The minimum absolute atomic E-state index is 0.205. The predicted molar refractivity (Wildman–Crippen MR) is 71.9 cm³/mol. The lowest BCUT2D eigenvalue weighted by molar-refractivity contribution is 0.138. The number of hydrogen-bond donors (Lipinski definition) is 2. The lowest BCUT2D eigenvalue weighted by atomic mass is 9.98. The van der Waals surface area contributed by atoms with Gasteiger partial charge in [-0.2, -0.15) is 0 Å². The summed E-state index contributed by atoms with van der Waals surface area (Å²) in [5, 5.41) is 7.27. The Morgan fingerprint density at radius 3 is 2.56 bits per heavy atom. The van der Waals surface area contributed by atoms with Crippen molar-refractivity contribution in [1.29, 1.82) is 5.41 Å². The van der Waals surface area contributed by atoms with E-state index in [2.05, 4.69) is 0 Å². The van der Waals surface area contributed by atoms with Gasteiger partial charge in [-0.1, -0.05) is 12.1 Å². The third-order valence-electron chi connectivity index (χ3n) is 4.28. The van der Waals surface area contributed by atoms with E-state index in [0.29, 0.717) is 12.5 Å². The summed E-state index contributed by atoms with van der Waals surface area (Å²) in [5.74, 6) is 2.86. The van der Waals surface area contributed by atoms with E-state index < -0.39 is 0 Å². The van der Waals surface area contributed by atoms with Gasteiger partial charge in [-0.3, -0.25) is 5.41 Å². The molecule has 0 spiro atoms. The zero-order chi connectivity index (χ0) is 12.5. The summed E-state index contributed by atoms with van der Waals surface area (Å²) in [6, 6.07) is 8.02. The first-order chi connectivity index (χ1) is 8.70. The van der Waals surface area contributed by atoms with Crippen molar-refractivity contribution in [2.45, 2.75) is 38.2 Å². The molecule has 3 heteroatoms. The van der Waals surface area contributed by atoms with E-state index in [0.717, 1.165) is 23.1 Å². The van der Waals surface area contributed by atoms with Crippen LogP contribution in [-0.4, -0.2) is 11.9 Å². The molecule has 0 saturated heterocycles. The molecule has 2 fully saturated rings. The third kappa shape index (κ3) is 2.35. The Morgan fingerprint density at radius 2 is 2.00 bits per heavy atom. The number of benzene rings is 1. The molecule has 3 N–H and O–H groups in total. The molecule has 0 aromatic heterocycles. The number of nitrogens with two attached hydrogens (primary N) is 1. The van der Waals surface area contributed by atoms with Crippen LogP contribution in [0.25, 0.3) is 0 Å². The SMILES string of the molecule is N=C(N)Cc1ccc(OC2CC3CCC2C3)cc1. The van der Waals surface area contributed by atoms with Crippen LogP contribution in [-0.2, 0) is 6.42 Å². The highest BCUT2D eigenvalue weighted by Gasteiger charge is 2.40. The van der Waals surface area contributed by atoms with Gasteiger partial charge in [0.25, 0.3) is 0 Å². The highest BCUT2D eigenvalue weighted by atomic mass is 16.5. The van der Waals surface area contributed by atoms with Gasteiger partial charge in [0, 0.05) is 6.42 Å². The lowest BCUT2D eigenvalue weighted by Gasteiger charge is -2.23. The van der Waals surface area contributed by atoms with Crippen LogP contribution < -0.4 is 10.5 Å². The molecule has 2 aliphatic rings. The van der Waals surface area contributed by atoms with Crippen molar-refractivity contribution in [2.75, 3.05) is 0 Å². The fourth-order valence-corrected chi connectivity index (χ4v) is 3.41. The van der Waals surface area contributed by atoms with Gasteiger partial charge in [0.2, 0.25) is 0 Å². The first kappa shape index (κ1) is 11.6. The van der Waals surface area contributed by atoms with Crippen molar-refractivity contribution in [3.8, 4) is 5.75 Å². The molecule has 2 saturated carbocycles. The molecule has 0 heterocycles. The minimum atomic E-state index is 0.205. The van der Waals surface area contributed by atoms with Crippen LogP contribution in [0.1, 0.15) is 31.2 Å². The van der Waals surface area contributed by atoms with Crippen molar-refractivity contribution in [1.82, 2.24) is 0 Å². The average Bonchev–Trinajstić information content (AvgIpc) is 2.93. The maximum Gasteiger partial charge on any atom is 0.119 e. The Morgan fingerprint density at radius 1 is 1.22 bits per heavy atom. The average molecular weight is 244 g/mol. The van der Waals surface area contributed by atoms with Gasteiger partial charge >= 0.3 is 0 Å². The van der Waals surface area contributed by atoms with Crippen LogP contribution in [0.15, 0.2) is 24.3 Å². The summed E-state index contributed by atoms with van der Waals surface area (Å²) in [5.41, 5.74) is 6.46.